The zero-order chi connectivity index (χ0) is 28.8. The van der Waals surface area contributed by atoms with Crippen LogP contribution in [0, 0.1) is 5.41 Å². The van der Waals surface area contributed by atoms with Crippen molar-refractivity contribution in [3.05, 3.63) is 63.3 Å². The summed E-state index contributed by atoms with van der Waals surface area (Å²) in [5, 5.41) is 0. The summed E-state index contributed by atoms with van der Waals surface area (Å²) in [6.45, 7) is 20.5. The molecular formula is C26H32O11. The topological polar surface area (TPSA) is 149 Å². The molecule has 0 spiro atoms. The predicted molar refractivity (Wildman–Crippen MR) is 131 cm³/mol. The molecule has 4 atom stereocenters. The van der Waals surface area contributed by atoms with Crippen LogP contribution in [-0.2, 0) is 52.5 Å². The minimum atomic E-state index is -1.79. The molecule has 0 radical (unpaired) electrons. The van der Waals surface area contributed by atoms with E-state index in [0.717, 1.165) is 30.4 Å². The Bertz CT molecular complexity index is 939. The molecule has 0 heterocycles. The standard InChI is InChI=1S/C26H32O11/c1-9-19(28)33-15-17(35-21(30)11-3)25(37-23(32)13-5)24(36-22(31)12-4)16(34-20(29)10-2)14-18(27)26(6,7)8/h9-13,16-17,24-25H,1-5,14-15H2,6-8H3. The van der Waals surface area contributed by atoms with Crippen molar-refractivity contribution < 1.29 is 52.5 Å². The van der Waals surface area contributed by atoms with Gasteiger partial charge in [0.2, 0.25) is 0 Å². The number of carbonyl (C=O) groups excluding carboxylic acids is 6. The summed E-state index contributed by atoms with van der Waals surface area (Å²) < 4.78 is 26.1. The highest BCUT2D eigenvalue weighted by Crippen LogP contribution is 2.26. The summed E-state index contributed by atoms with van der Waals surface area (Å²) in [6, 6.07) is 0. The van der Waals surface area contributed by atoms with Gasteiger partial charge in [-0.15, -0.1) is 0 Å². The summed E-state index contributed by atoms with van der Waals surface area (Å²) in [5.41, 5.74) is -0.923. The quantitative estimate of drug-likeness (QED) is 0.167. The molecule has 11 heteroatoms. The summed E-state index contributed by atoms with van der Waals surface area (Å²) in [5.74, 6) is -5.53. The van der Waals surface area contributed by atoms with E-state index in [4.69, 9.17) is 23.7 Å². The average Bonchev–Trinajstić information content (AvgIpc) is 2.86. The van der Waals surface area contributed by atoms with Crippen LogP contribution in [-0.4, -0.2) is 66.7 Å². The highest BCUT2D eigenvalue weighted by atomic mass is 16.6. The fourth-order valence-corrected chi connectivity index (χ4v) is 2.60. The van der Waals surface area contributed by atoms with E-state index in [-0.39, 0.29) is 0 Å². The zero-order valence-corrected chi connectivity index (χ0v) is 21.1. The highest BCUT2D eigenvalue weighted by molar-refractivity contribution is 5.86. The van der Waals surface area contributed by atoms with Gasteiger partial charge >= 0.3 is 29.8 Å². The van der Waals surface area contributed by atoms with Crippen molar-refractivity contribution in [2.24, 2.45) is 5.41 Å². The number of carbonyl (C=O) groups is 6. The lowest BCUT2D eigenvalue weighted by atomic mass is 9.85. The van der Waals surface area contributed by atoms with Gasteiger partial charge < -0.3 is 23.7 Å². The lowest BCUT2D eigenvalue weighted by Gasteiger charge is -2.35. The van der Waals surface area contributed by atoms with Crippen LogP contribution in [0.25, 0.3) is 0 Å². The van der Waals surface area contributed by atoms with Crippen LogP contribution in [0.1, 0.15) is 27.2 Å². The third kappa shape index (κ3) is 11.8. The molecule has 0 N–H and O–H groups in total. The van der Waals surface area contributed by atoms with Crippen LogP contribution in [0.2, 0.25) is 0 Å². The van der Waals surface area contributed by atoms with E-state index in [1.54, 1.807) is 20.8 Å². The van der Waals surface area contributed by atoms with Gasteiger partial charge in [-0.25, -0.2) is 24.0 Å². The second-order valence-electron chi connectivity index (χ2n) is 8.28. The molecule has 0 aromatic carbocycles. The molecule has 0 saturated carbocycles. The van der Waals surface area contributed by atoms with Crippen LogP contribution in [0.5, 0.6) is 0 Å². The van der Waals surface area contributed by atoms with Crippen LogP contribution < -0.4 is 0 Å². The van der Waals surface area contributed by atoms with Crippen molar-refractivity contribution in [2.75, 3.05) is 6.61 Å². The second kappa shape index (κ2) is 15.7. The Morgan fingerprint density at radius 1 is 0.595 bits per heavy atom. The molecule has 0 aliphatic carbocycles. The van der Waals surface area contributed by atoms with Crippen molar-refractivity contribution in [1.29, 1.82) is 0 Å². The van der Waals surface area contributed by atoms with Gasteiger partial charge in [0.1, 0.15) is 18.5 Å². The summed E-state index contributed by atoms with van der Waals surface area (Å²) in [4.78, 5) is 73.3. The minimum absolute atomic E-state index is 0.430. The molecule has 0 amide bonds. The van der Waals surface area contributed by atoms with Crippen LogP contribution in [0.4, 0.5) is 0 Å². The smallest absolute Gasteiger partial charge is 0.330 e. The molecule has 0 aromatic heterocycles. The van der Waals surface area contributed by atoms with Gasteiger partial charge in [0.25, 0.3) is 0 Å². The molecule has 0 bridgehead atoms. The first-order valence-corrected chi connectivity index (χ1v) is 10.9. The average molecular weight is 521 g/mol. The van der Waals surface area contributed by atoms with E-state index in [1.807, 2.05) is 0 Å². The fraction of sp³-hybridized carbons (Fsp3) is 0.385. The predicted octanol–water partition coefficient (Wildman–Crippen LogP) is 2.11. The summed E-state index contributed by atoms with van der Waals surface area (Å²) >= 11 is 0. The molecule has 0 rings (SSSR count). The lowest BCUT2D eigenvalue weighted by molar-refractivity contribution is -0.199. The number of hydrogen-bond donors (Lipinski definition) is 0. The Labute approximate surface area is 215 Å². The maximum atomic E-state index is 12.9. The van der Waals surface area contributed by atoms with Crippen molar-refractivity contribution in [2.45, 2.75) is 51.6 Å². The van der Waals surface area contributed by atoms with E-state index in [2.05, 4.69) is 32.9 Å². The molecular weight excluding hydrogens is 488 g/mol. The van der Waals surface area contributed by atoms with Crippen LogP contribution in [0.3, 0.4) is 0 Å². The SMILES string of the molecule is C=CC(=O)OCC(OC(=O)C=C)C(OC(=O)C=C)C(OC(=O)C=C)C(CC(=O)C(C)(C)C)OC(=O)C=C. The van der Waals surface area contributed by atoms with Gasteiger partial charge in [-0.3, -0.25) is 4.79 Å². The van der Waals surface area contributed by atoms with Gasteiger partial charge in [-0.1, -0.05) is 53.7 Å². The molecule has 0 aromatic rings. The van der Waals surface area contributed by atoms with Crippen molar-refractivity contribution in [3.63, 3.8) is 0 Å². The van der Waals surface area contributed by atoms with Gasteiger partial charge in [0.15, 0.2) is 18.3 Å². The lowest BCUT2D eigenvalue weighted by Crippen LogP contribution is -2.54. The van der Waals surface area contributed by atoms with Gasteiger partial charge in [-0.2, -0.15) is 0 Å². The largest absolute Gasteiger partial charge is 0.458 e. The first-order chi connectivity index (χ1) is 17.2. The normalized spacial score (nSPS) is 13.7. The Kier molecular flexibility index (Phi) is 13.8. The van der Waals surface area contributed by atoms with Gasteiger partial charge in [0.05, 0.1) is 0 Å². The van der Waals surface area contributed by atoms with Gasteiger partial charge in [0, 0.05) is 42.2 Å². The Morgan fingerprint density at radius 2 is 0.946 bits per heavy atom. The Balaban J connectivity index is 6.92. The van der Waals surface area contributed by atoms with Crippen molar-refractivity contribution in [1.82, 2.24) is 0 Å². The molecule has 0 aliphatic heterocycles. The molecule has 0 aliphatic rings. The molecule has 4 unspecified atom stereocenters. The zero-order valence-electron chi connectivity index (χ0n) is 21.1. The second-order valence-corrected chi connectivity index (χ2v) is 8.28. The van der Waals surface area contributed by atoms with E-state index in [1.165, 1.54) is 0 Å². The number of esters is 5. The number of Topliss-reactive ketones (excluding diaryl/α,β-unsaturated/α-hetero) is 1. The van der Waals surface area contributed by atoms with Gasteiger partial charge in [-0.05, 0) is 0 Å². The molecule has 0 fully saturated rings. The molecule has 0 saturated heterocycles. The maximum Gasteiger partial charge on any atom is 0.330 e. The first-order valence-electron chi connectivity index (χ1n) is 10.9. The number of ketones is 1. The highest BCUT2D eigenvalue weighted by Gasteiger charge is 2.45. The van der Waals surface area contributed by atoms with E-state index >= 15 is 0 Å². The summed E-state index contributed by atoms with van der Waals surface area (Å²) in [7, 11) is 0. The molecule has 202 valence electrons. The molecule has 37 heavy (non-hydrogen) atoms. The Hall–Kier alpha value is -4.28. The number of ether oxygens (including phenoxy) is 5. The van der Waals surface area contributed by atoms with Crippen LogP contribution in [0.15, 0.2) is 63.3 Å². The van der Waals surface area contributed by atoms with E-state index < -0.39 is 78.5 Å². The summed E-state index contributed by atoms with van der Waals surface area (Å²) in [6.07, 6.45) is -3.38. The minimum Gasteiger partial charge on any atom is -0.458 e. The van der Waals surface area contributed by atoms with Crippen molar-refractivity contribution in [3.8, 4) is 0 Å². The third-order valence-electron chi connectivity index (χ3n) is 4.54. The Morgan fingerprint density at radius 3 is 1.32 bits per heavy atom. The monoisotopic (exact) mass is 520 g/mol. The maximum absolute atomic E-state index is 12.9. The van der Waals surface area contributed by atoms with E-state index in [9.17, 15) is 28.8 Å². The van der Waals surface area contributed by atoms with Crippen LogP contribution >= 0.6 is 0 Å². The van der Waals surface area contributed by atoms with E-state index in [0.29, 0.717) is 0 Å². The third-order valence-corrected chi connectivity index (χ3v) is 4.54. The number of hydrogen-bond acceptors (Lipinski definition) is 11. The fourth-order valence-electron chi connectivity index (χ4n) is 2.60. The molecule has 11 nitrogen and oxygen atoms in total. The number of rotatable bonds is 16. The van der Waals surface area contributed by atoms with Crippen molar-refractivity contribution >= 4 is 35.6 Å². The first kappa shape index (κ1) is 32.7.